The minimum atomic E-state index is -7.39. The van der Waals surface area contributed by atoms with Crippen LogP contribution in [-0.2, 0) is 16.5 Å². The molecule has 0 aliphatic carbocycles. The standard InChI is InChI=1S/C17H13F9N2O3S/c1-3-10-8-12(9(2)13(28-10)11-6-4-5-7-27-11)31-32(29,30)17(25,26)15(20,21)14(18,19)16(22,23)24/h4-8H,3H2,1-2H3. The van der Waals surface area contributed by atoms with Gasteiger partial charge in [0, 0.05) is 23.5 Å². The van der Waals surface area contributed by atoms with Gasteiger partial charge in [-0.2, -0.15) is 47.9 Å². The fraction of sp³-hybridized carbons (Fsp3) is 0.412. The third-order valence-electron chi connectivity index (χ3n) is 4.18. The van der Waals surface area contributed by atoms with Crippen molar-refractivity contribution in [3.63, 3.8) is 0 Å². The predicted octanol–water partition coefficient (Wildman–Crippen LogP) is 5.15. The lowest BCUT2D eigenvalue weighted by molar-refractivity contribution is -0.382. The first-order chi connectivity index (χ1) is 14.4. The molecule has 0 aliphatic rings. The summed E-state index contributed by atoms with van der Waals surface area (Å²) in [4.78, 5) is 8.00. The Morgan fingerprint density at radius 2 is 1.56 bits per heavy atom. The van der Waals surface area contributed by atoms with Crippen molar-refractivity contribution in [1.82, 2.24) is 9.97 Å². The topological polar surface area (TPSA) is 69.2 Å². The molecule has 0 saturated heterocycles. The lowest BCUT2D eigenvalue weighted by Crippen LogP contribution is -2.63. The Hall–Kier alpha value is -2.58. The van der Waals surface area contributed by atoms with E-state index in [9.17, 15) is 47.9 Å². The Morgan fingerprint density at radius 1 is 0.969 bits per heavy atom. The lowest BCUT2D eigenvalue weighted by atomic mass is 10.1. The zero-order valence-corrected chi connectivity index (χ0v) is 16.8. The number of hydrogen-bond donors (Lipinski definition) is 0. The molecule has 0 spiro atoms. The highest BCUT2D eigenvalue weighted by Crippen LogP contribution is 2.55. The van der Waals surface area contributed by atoms with E-state index in [-0.39, 0.29) is 29.1 Å². The largest absolute Gasteiger partial charge is 0.460 e. The third kappa shape index (κ3) is 4.09. The molecule has 0 atom stereocenters. The van der Waals surface area contributed by atoms with Crippen molar-refractivity contribution < 1.29 is 52.1 Å². The summed E-state index contributed by atoms with van der Waals surface area (Å²) in [5.74, 6) is -15.8. The Morgan fingerprint density at radius 3 is 2.03 bits per heavy atom. The molecule has 0 aliphatic heterocycles. The molecule has 0 N–H and O–H groups in total. The van der Waals surface area contributed by atoms with Crippen molar-refractivity contribution in [2.75, 3.05) is 0 Å². The van der Waals surface area contributed by atoms with Crippen molar-refractivity contribution in [2.45, 2.75) is 43.5 Å². The molecule has 0 saturated carbocycles. The fourth-order valence-electron chi connectivity index (χ4n) is 2.34. The molecule has 0 unspecified atom stereocenters. The first kappa shape index (κ1) is 25.7. The van der Waals surface area contributed by atoms with E-state index in [1.165, 1.54) is 31.3 Å². The molecule has 0 fully saturated rings. The number of hydrogen-bond acceptors (Lipinski definition) is 5. The maximum absolute atomic E-state index is 14.0. The van der Waals surface area contributed by atoms with Crippen LogP contribution in [0.2, 0.25) is 0 Å². The van der Waals surface area contributed by atoms with Crippen LogP contribution in [-0.4, -0.2) is 41.7 Å². The number of nitrogens with zero attached hydrogens (tertiary/aromatic N) is 2. The van der Waals surface area contributed by atoms with Gasteiger partial charge >= 0.3 is 33.4 Å². The van der Waals surface area contributed by atoms with Crippen molar-refractivity contribution in [2.24, 2.45) is 0 Å². The smallest absolute Gasteiger partial charge is 0.378 e. The minimum Gasteiger partial charge on any atom is -0.378 e. The maximum atomic E-state index is 14.0. The second kappa shape index (κ2) is 8.08. The molecular formula is C17H13F9N2O3S. The zero-order valence-electron chi connectivity index (χ0n) is 16.0. The van der Waals surface area contributed by atoms with Crippen molar-refractivity contribution in [3.05, 3.63) is 41.7 Å². The molecule has 2 aromatic rings. The van der Waals surface area contributed by atoms with E-state index in [0.717, 1.165) is 13.0 Å². The Balaban J connectivity index is 2.61. The van der Waals surface area contributed by atoms with Gasteiger partial charge in [-0.15, -0.1) is 0 Å². The average Bonchev–Trinajstić information content (AvgIpc) is 2.68. The molecule has 2 aromatic heterocycles. The van der Waals surface area contributed by atoms with E-state index in [1.807, 2.05) is 0 Å². The van der Waals surface area contributed by atoms with Crippen LogP contribution in [0, 0.1) is 6.92 Å². The monoisotopic (exact) mass is 496 g/mol. The fourth-order valence-corrected chi connectivity index (χ4v) is 3.30. The lowest BCUT2D eigenvalue weighted by Gasteiger charge is -2.32. The SMILES string of the molecule is CCc1cc(OS(=O)(=O)C(F)(F)C(F)(F)C(F)(F)C(F)(F)F)c(C)c(-c2ccccn2)n1. The normalized spacial score (nSPS) is 13.8. The summed E-state index contributed by atoms with van der Waals surface area (Å²) in [6.07, 6.45) is -5.83. The van der Waals surface area contributed by atoms with Crippen LogP contribution in [0.1, 0.15) is 18.2 Å². The number of pyridine rings is 2. The van der Waals surface area contributed by atoms with Crippen LogP contribution >= 0.6 is 0 Å². The van der Waals surface area contributed by atoms with Gasteiger partial charge in [0.15, 0.2) is 0 Å². The number of aromatic nitrogens is 2. The van der Waals surface area contributed by atoms with Crippen LogP contribution in [0.4, 0.5) is 39.5 Å². The summed E-state index contributed by atoms with van der Waals surface area (Å²) in [6, 6.07) is 5.09. The van der Waals surface area contributed by atoms with Gasteiger partial charge in [-0.3, -0.25) is 9.97 Å². The van der Waals surface area contributed by atoms with Crippen LogP contribution in [0.15, 0.2) is 30.5 Å². The van der Waals surface area contributed by atoms with Gasteiger partial charge in [-0.05, 0) is 25.5 Å². The van der Waals surface area contributed by atoms with E-state index in [1.54, 1.807) is 0 Å². The summed E-state index contributed by atoms with van der Waals surface area (Å²) < 4.78 is 146. The Kier molecular flexibility index (Phi) is 6.49. The van der Waals surface area contributed by atoms with Crippen LogP contribution in [0.3, 0.4) is 0 Å². The van der Waals surface area contributed by atoms with Gasteiger partial charge in [0.25, 0.3) is 0 Å². The molecule has 5 nitrogen and oxygen atoms in total. The predicted molar refractivity (Wildman–Crippen MR) is 92.0 cm³/mol. The first-order valence-corrected chi connectivity index (χ1v) is 9.87. The highest BCUT2D eigenvalue weighted by atomic mass is 32.2. The summed E-state index contributed by atoms with van der Waals surface area (Å²) >= 11 is 0. The van der Waals surface area contributed by atoms with Crippen molar-refractivity contribution >= 4 is 10.1 Å². The summed E-state index contributed by atoms with van der Waals surface area (Å²) in [5, 5.41) is -6.97. The Labute approximate surface area is 175 Å². The molecule has 2 heterocycles. The van der Waals surface area contributed by atoms with Crippen molar-refractivity contribution in [1.29, 1.82) is 0 Å². The molecule has 0 amide bonds. The van der Waals surface area contributed by atoms with E-state index in [4.69, 9.17) is 0 Å². The molecule has 2 rings (SSSR count). The maximum Gasteiger partial charge on any atom is 0.460 e. The third-order valence-corrected chi connectivity index (χ3v) is 5.46. The number of aryl methyl sites for hydroxylation is 1. The second-order valence-electron chi connectivity index (χ2n) is 6.35. The number of alkyl halides is 9. The number of rotatable bonds is 7. The van der Waals surface area contributed by atoms with E-state index < -0.39 is 39.1 Å². The molecular weight excluding hydrogens is 483 g/mol. The van der Waals surface area contributed by atoms with Gasteiger partial charge in [0.1, 0.15) is 5.75 Å². The molecule has 32 heavy (non-hydrogen) atoms. The van der Waals surface area contributed by atoms with Gasteiger partial charge in [0.05, 0.1) is 11.4 Å². The van der Waals surface area contributed by atoms with Crippen LogP contribution in [0.25, 0.3) is 11.4 Å². The summed E-state index contributed by atoms with van der Waals surface area (Å²) in [5.41, 5.74) is -0.364. The second-order valence-corrected chi connectivity index (χ2v) is 7.94. The number of halogens is 9. The highest BCUT2D eigenvalue weighted by Gasteiger charge is 2.86. The molecule has 0 aromatic carbocycles. The van der Waals surface area contributed by atoms with E-state index in [0.29, 0.717) is 0 Å². The molecule has 0 bridgehead atoms. The van der Waals surface area contributed by atoms with Gasteiger partial charge in [-0.25, -0.2) is 0 Å². The first-order valence-electron chi connectivity index (χ1n) is 8.46. The van der Waals surface area contributed by atoms with E-state index in [2.05, 4.69) is 14.2 Å². The summed E-state index contributed by atoms with van der Waals surface area (Å²) in [6.45, 7) is 2.56. The Bertz CT molecular complexity index is 1090. The summed E-state index contributed by atoms with van der Waals surface area (Å²) in [7, 11) is -7.07. The van der Waals surface area contributed by atoms with Crippen molar-refractivity contribution in [3.8, 4) is 17.1 Å². The van der Waals surface area contributed by atoms with Gasteiger partial charge < -0.3 is 4.18 Å². The van der Waals surface area contributed by atoms with Gasteiger partial charge in [-0.1, -0.05) is 13.0 Å². The van der Waals surface area contributed by atoms with Gasteiger partial charge in [0.2, 0.25) is 0 Å². The average molecular weight is 496 g/mol. The quantitative estimate of drug-likeness (QED) is 0.392. The zero-order chi connectivity index (χ0) is 24.8. The highest BCUT2D eigenvalue weighted by molar-refractivity contribution is 7.88. The molecule has 15 heteroatoms. The minimum absolute atomic E-state index is 0.00264. The molecule has 178 valence electrons. The molecule has 0 radical (unpaired) electrons. The van der Waals surface area contributed by atoms with Crippen LogP contribution < -0.4 is 4.18 Å². The van der Waals surface area contributed by atoms with Crippen LogP contribution in [0.5, 0.6) is 5.75 Å². The van der Waals surface area contributed by atoms with E-state index >= 15 is 0 Å².